The third-order valence-electron chi connectivity index (χ3n) is 2.97. The minimum atomic E-state index is -0.223. The van der Waals surface area contributed by atoms with E-state index in [0.717, 1.165) is 12.0 Å². The van der Waals surface area contributed by atoms with Crippen LogP contribution in [0.5, 0.6) is 0 Å². The van der Waals surface area contributed by atoms with Gasteiger partial charge in [-0.05, 0) is 29.7 Å². The predicted octanol–water partition coefficient (Wildman–Crippen LogP) is 2.23. The topological polar surface area (TPSA) is 68.3 Å². The molecule has 1 aromatic heterocycles. The number of hydrogen-bond acceptors (Lipinski definition) is 3. The summed E-state index contributed by atoms with van der Waals surface area (Å²) in [4.78, 5) is 11.8. The molecule has 1 aromatic carbocycles. The molecule has 0 atom stereocenters. The predicted molar refractivity (Wildman–Crippen MR) is 73.6 cm³/mol. The highest BCUT2D eigenvalue weighted by Crippen LogP contribution is 2.08. The summed E-state index contributed by atoms with van der Waals surface area (Å²) in [6.45, 7) is 2.90. The minimum Gasteiger partial charge on any atom is -0.455 e. The highest BCUT2D eigenvalue weighted by Gasteiger charge is 2.09. The summed E-state index contributed by atoms with van der Waals surface area (Å²) in [5.74, 6) is 0.683. The van der Waals surface area contributed by atoms with Gasteiger partial charge in [0.1, 0.15) is 5.76 Å². The fraction of sp³-hybridized carbons (Fsp3) is 0.267. The Morgan fingerprint density at radius 3 is 2.42 bits per heavy atom. The second-order valence-corrected chi connectivity index (χ2v) is 4.32. The van der Waals surface area contributed by atoms with E-state index in [4.69, 9.17) is 10.2 Å². The SMILES string of the molecule is CCc1ccc(CNC(=O)c2ccc(CN)o2)cc1. The zero-order chi connectivity index (χ0) is 13.7. The van der Waals surface area contributed by atoms with Crippen LogP contribution in [-0.2, 0) is 19.5 Å². The van der Waals surface area contributed by atoms with Crippen LogP contribution in [0.2, 0.25) is 0 Å². The Morgan fingerprint density at radius 2 is 1.84 bits per heavy atom. The lowest BCUT2D eigenvalue weighted by Crippen LogP contribution is -2.22. The summed E-state index contributed by atoms with van der Waals surface area (Å²) in [6, 6.07) is 11.5. The Hall–Kier alpha value is -2.07. The monoisotopic (exact) mass is 258 g/mol. The number of aryl methyl sites for hydroxylation is 1. The Balaban J connectivity index is 1.92. The van der Waals surface area contributed by atoms with Gasteiger partial charge in [-0.15, -0.1) is 0 Å². The van der Waals surface area contributed by atoms with Gasteiger partial charge in [0.2, 0.25) is 0 Å². The van der Waals surface area contributed by atoms with Crippen molar-refractivity contribution < 1.29 is 9.21 Å². The van der Waals surface area contributed by atoms with Crippen LogP contribution in [0.25, 0.3) is 0 Å². The van der Waals surface area contributed by atoms with Crippen LogP contribution >= 0.6 is 0 Å². The number of amides is 1. The maximum absolute atomic E-state index is 11.8. The molecule has 0 aliphatic rings. The Labute approximate surface area is 112 Å². The van der Waals surface area contributed by atoms with Crippen LogP contribution < -0.4 is 11.1 Å². The first-order valence-corrected chi connectivity index (χ1v) is 6.37. The van der Waals surface area contributed by atoms with Gasteiger partial charge in [-0.25, -0.2) is 0 Å². The number of nitrogens with two attached hydrogens (primary N) is 1. The van der Waals surface area contributed by atoms with Gasteiger partial charge in [0.25, 0.3) is 5.91 Å². The van der Waals surface area contributed by atoms with Crippen LogP contribution in [0.3, 0.4) is 0 Å². The second kappa shape index (κ2) is 6.20. The van der Waals surface area contributed by atoms with Gasteiger partial charge >= 0.3 is 0 Å². The van der Waals surface area contributed by atoms with Crippen LogP contribution in [0.1, 0.15) is 34.4 Å². The molecule has 2 rings (SSSR count). The lowest BCUT2D eigenvalue weighted by Gasteiger charge is -2.04. The number of hydrogen-bond donors (Lipinski definition) is 2. The zero-order valence-electron chi connectivity index (χ0n) is 11.0. The average Bonchev–Trinajstić information content (AvgIpc) is 2.94. The van der Waals surface area contributed by atoms with E-state index in [1.54, 1.807) is 12.1 Å². The molecule has 0 saturated heterocycles. The molecule has 4 nitrogen and oxygen atoms in total. The van der Waals surface area contributed by atoms with Crippen molar-refractivity contribution in [2.24, 2.45) is 5.73 Å². The standard InChI is InChI=1S/C15H18N2O2/c1-2-11-3-5-12(6-4-11)10-17-15(18)14-8-7-13(9-16)19-14/h3-8H,2,9-10,16H2,1H3,(H,17,18). The third kappa shape index (κ3) is 3.45. The number of carbonyl (C=O) groups excluding carboxylic acids is 1. The van der Waals surface area contributed by atoms with Crippen LogP contribution in [0.4, 0.5) is 0 Å². The number of nitrogens with one attached hydrogen (secondary N) is 1. The first-order valence-electron chi connectivity index (χ1n) is 6.37. The number of carbonyl (C=O) groups is 1. The highest BCUT2D eigenvalue weighted by atomic mass is 16.4. The summed E-state index contributed by atoms with van der Waals surface area (Å²) in [7, 11) is 0. The maximum Gasteiger partial charge on any atom is 0.287 e. The molecule has 1 amide bonds. The van der Waals surface area contributed by atoms with E-state index in [1.165, 1.54) is 5.56 Å². The van der Waals surface area contributed by atoms with Gasteiger partial charge in [-0.1, -0.05) is 31.2 Å². The largest absolute Gasteiger partial charge is 0.455 e. The van der Waals surface area contributed by atoms with E-state index >= 15 is 0 Å². The molecule has 0 saturated carbocycles. The Kier molecular flexibility index (Phi) is 4.36. The van der Waals surface area contributed by atoms with E-state index in [1.807, 2.05) is 12.1 Å². The fourth-order valence-corrected chi connectivity index (χ4v) is 1.77. The summed E-state index contributed by atoms with van der Waals surface area (Å²) in [5, 5.41) is 2.82. The van der Waals surface area contributed by atoms with E-state index in [9.17, 15) is 4.79 Å². The van der Waals surface area contributed by atoms with Gasteiger partial charge < -0.3 is 15.5 Å². The summed E-state index contributed by atoms with van der Waals surface area (Å²) in [6.07, 6.45) is 1.01. The van der Waals surface area contributed by atoms with E-state index in [0.29, 0.717) is 24.6 Å². The molecule has 4 heteroatoms. The highest BCUT2D eigenvalue weighted by molar-refractivity contribution is 5.91. The maximum atomic E-state index is 11.8. The van der Waals surface area contributed by atoms with Gasteiger partial charge in [0, 0.05) is 6.54 Å². The van der Waals surface area contributed by atoms with E-state index in [2.05, 4.69) is 24.4 Å². The summed E-state index contributed by atoms with van der Waals surface area (Å²) < 4.78 is 5.28. The van der Waals surface area contributed by atoms with Crippen molar-refractivity contribution in [1.29, 1.82) is 0 Å². The molecule has 19 heavy (non-hydrogen) atoms. The molecular formula is C15H18N2O2. The first-order chi connectivity index (χ1) is 9.22. The van der Waals surface area contributed by atoms with Crippen molar-refractivity contribution in [1.82, 2.24) is 5.32 Å². The van der Waals surface area contributed by atoms with Gasteiger partial charge in [-0.2, -0.15) is 0 Å². The molecule has 100 valence electrons. The van der Waals surface area contributed by atoms with Crippen LogP contribution in [0.15, 0.2) is 40.8 Å². The molecule has 2 aromatic rings. The number of rotatable bonds is 5. The molecule has 0 spiro atoms. The quantitative estimate of drug-likeness (QED) is 0.864. The lowest BCUT2D eigenvalue weighted by molar-refractivity contribution is 0.0921. The molecule has 0 fully saturated rings. The fourth-order valence-electron chi connectivity index (χ4n) is 1.77. The minimum absolute atomic E-state index is 0.223. The lowest BCUT2D eigenvalue weighted by atomic mass is 10.1. The first kappa shape index (κ1) is 13.4. The van der Waals surface area contributed by atoms with E-state index < -0.39 is 0 Å². The molecule has 0 radical (unpaired) electrons. The van der Waals surface area contributed by atoms with Gasteiger partial charge in [0.05, 0.1) is 6.54 Å². The smallest absolute Gasteiger partial charge is 0.287 e. The average molecular weight is 258 g/mol. The molecule has 1 heterocycles. The molecule has 0 aliphatic carbocycles. The molecular weight excluding hydrogens is 240 g/mol. The zero-order valence-corrected chi connectivity index (χ0v) is 11.0. The van der Waals surface area contributed by atoms with Crippen molar-refractivity contribution >= 4 is 5.91 Å². The van der Waals surface area contributed by atoms with E-state index in [-0.39, 0.29) is 5.91 Å². The number of benzene rings is 1. The third-order valence-corrected chi connectivity index (χ3v) is 2.97. The van der Waals surface area contributed by atoms with Crippen molar-refractivity contribution in [3.63, 3.8) is 0 Å². The summed E-state index contributed by atoms with van der Waals surface area (Å²) >= 11 is 0. The van der Waals surface area contributed by atoms with Crippen molar-refractivity contribution in [3.05, 3.63) is 59.0 Å². The van der Waals surface area contributed by atoms with Gasteiger partial charge in [-0.3, -0.25) is 4.79 Å². The summed E-state index contributed by atoms with van der Waals surface area (Å²) in [5.41, 5.74) is 7.78. The van der Waals surface area contributed by atoms with Crippen molar-refractivity contribution in [3.8, 4) is 0 Å². The van der Waals surface area contributed by atoms with Crippen molar-refractivity contribution in [2.75, 3.05) is 0 Å². The molecule has 0 unspecified atom stereocenters. The second-order valence-electron chi connectivity index (χ2n) is 4.32. The van der Waals surface area contributed by atoms with Crippen LogP contribution in [0, 0.1) is 0 Å². The molecule has 3 N–H and O–H groups in total. The van der Waals surface area contributed by atoms with Crippen LogP contribution in [-0.4, -0.2) is 5.91 Å². The molecule has 0 aliphatic heterocycles. The normalized spacial score (nSPS) is 10.4. The van der Waals surface area contributed by atoms with Crippen molar-refractivity contribution in [2.45, 2.75) is 26.4 Å². The number of furan rings is 1. The molecule has 0 bridgehead atoms. The Morgan fingerprint density at radius 1 is 1.16 bits per heavy atom. The van der Waals surface area contributed by atoms with Gasteiger partial charge in [0.15, 0.2) is 5.76 Å². The Bertz CT molecular complexity index is 544.